The van der Waals surface area contributed by atoms with Gasteiger partial charge in [0, 0.05) is 20.5 Å². The van der Waals surface area contributed by atoms with Crippen LogP contribution >= 0.6 is 0 Å². The Labute approximate surface area is 59.1 Å². The number of aromatic nitrogens is 3. The van der Waals surface area contributed by atoms with Gasteiger partial charge >= 0.3 is 5.69 Å². The first kappa shape index (κ1) is 7.05. The molecule has 1 aromatic heterocycles. The van der Waals surface area contributed by atoms with Crippen molar-refractivity contribution in [1.82, 2.24) is 14.3 Å². The third-order valence-electron chi connectivity index (χ3n) is 1.53. The van der Waals surface area contributed by atoms with Gasteiger partial charge in [0.15, 0.2) is 0 Å². The standard InChI is InChI=1S/C6H11N3O/c1-4-5-7-9(3)6(10)8(5)2/h4H2,1-3H3. The molecule has 0 aromatic carbocycles. The summed E-state index contributed by atoms with van der Waals surface area (Å²) in [6.07, 6.45) is 0.798. The zero-order valence-corrected chi connectivity index (χ0v) is 6.46. The third kappa shape index (κ3) is 0.853. The van der Waals surface area contributed by atoms with Gasteiger partial charge in [-0.25, -0.2) is 9.48 Å². The molecular formula is C6H11N3O. The van der Waals surface area contributed by atoms with E-state index in [4.69, 9.17) is 0 Å². The van der Waals surface area contributed by atoms with Gasteiger partial charge in [-0.3, -0.25) is 4.57 Å². The van der Waals surface area contributed by atoms with Crippen molar-refractivity contribution in [2.75, 3.05) is 0 Å². The number of aryl methyl sites for hydroxylation is 2. The summed E-state index contributed by atoms with van der Waals surface area (Å²) in [5.74, 6) is 0.826. The van der Waals surface area contributed by atoms with Gasteiger partial charge in [0.05, 0.1) is 0 Å². The van der Waals surface area contributed by atoms with E-state index in [2.05, 4.69) is 5.10 Å². The maximum atomic E-state index is 11.0. The molecule has 56 valence electrons. The lowest BCUT2D eigenvalue weighted by Crippen LogP contribution is -2.20. The average molecular weight is 141 g/mol. The van der Waals surface area contributed by atoms with E-state index in [1.165, 1.54) is 4.68 Å². The van der Waals surface area contributed by atoms with E-state index in [-0.39, 0.29) is 5.69 Å². The van der Waals surface area contributed by atoms with Gasteiger partial charge < -0.3 is 0 Å². The monoisotopic (exact) mass is 141 g/mol. The maximum absolute atomic E-state index is 11.0. The molecule has 0 aliphatic rings. The van der Waals surface area contributed by atoms with E-state index in [0.29, 0.717) is 0 Å². The minimum atomic E-state index is -0.0585. The van der Waals surface area contributed by atoms with Crippen molar-refractivity contribution >= 4 is 0 Å². The van der Waals surface area contributed by atoms with Crippen LogP contribution in [0.25, 0.3) is 0 Å². The summed E-state index contributed by atoms with van der Waals surface area (Å²) >= 11 is 0. The highest BCUT2D eigenvalue weighted by atomic mass is 16.2. The Kier molecular flexibility index (Phi) is 1.61. The molecule has 4 heteroatoms. The third-order valence-corrected chi connectivity index (χ3v) is 1.53. The van der Waals surface area contributed by atoms with Gasteiger partial charge in [-0.1, -0.05) is 6.92 Å². The average Bonchev–Trinajstić information content (AvgIpc) is 2.17. The van der Waals surface area contributed by atoms with E-state index in [1.54, 1.807) is 18.7 Å². The maximum Gasteiger partial charge on any atom is 0.345 e. The molecule has 0 bridgehead atoms. The van der Waals surface area contributed by atoms with Gasteiger partial charge in [-0.05, 0) is 0 Å². The second kappa shape index (κ2) is 2.28. The highest BCUT2D eigenvalue weighted by Crippen LogP contribution is 1.87. The quantitative estimate of drug-likeness (QED) is 0.537. The van der Waals surface area contributed by atoms with Gasteiger partial charge in [-0.15, -0.1) is 0 Å². The molecule has 1 rings (SSSR count). The minimum absolute atomic E-state index is 0.0585. The van der Waals surface area contributed by atoms with Crippen LogP contribution in [0.3, 0.4) is 0 Å². The predicted octanol–water partition coefficient (Wildman–Crippen LogP) is -0.319. The second-order valence-electron chi connectivity index (χ2n) is 2.23. The van der Waals surface area contributed by atoms with Gasteiger partial charge in [0.1, 0.15) is 5.82 Å². The molecule has 0 amide bonds. The van der Waals surface area contributed by atoms with Crippen LogP contribution < -0.4 is 5.69 Å². The lowest BCUT2D eigenvalue weighted by molar-refractivity contribution is 0.713. The minimum Gasteiger partial charge on any atom is -0.282 e. The Morgan fingerprint density at radius 3 is 2.30 bits per heavy atom. The van der Waals surface area contributed by atoms with Crippen molar-refractivity contribution in [1.29, 1.82) is 0 Å². The highest BCUT2D eigenvalue weighted by molar-refractivity contribution is 4.84. The van der Waals surface area contributed by atoms with E-state index in [0.717, 1.165) is 12.2 Å². The summed E-state index contributed by atoms with van der Waals surface area (Å²) in [7, 11) is 3.38. The molecule has 1 heterocycles. The molecule has 0 saturated heterocycles. The van der Waals surface area contributed by atoms with E-state index in [9.17, 15) is 4.79 Å². The lowest BCUT2D eigenvalue weighted by atomic mass is 10.5. The molecule has 0 saturated carbocycles. The van der Waals surface area contributed by atoms with Gasteiger partial charge in [-0.2, -0.15) is 5.10 Å². The molecule has 10 heavy (non-hydrogen) atoms. The molecule has 0 spiro atoms. The van der Waals surface area contributed by atoms with Crippen molar-refractivity contribution in [3.05, 3.63) is 16.3 Å². The molecule has 0 fully saturated rings. The first-order valence-corrected chi connectivity index (χ1v) is 3.25. The first-order valence-electron chi connectivity index (χ1n) is 3.25. The molecule has 0 atom stereocenters. The molecule has 1 aromatic rings. The summed E-state index contributed by atoms with van der Waals surface area (Å²) in [5.41, 5.74) is -0.0585. The van der Waals surface area contributed by atoms with Crippen LogP contribution in [0.15, 0.2) is 4.79 Å². The van der Waals surface area contributed by atoms with Crippen molar-refractivity contribution in [3.63, 3.8) is 0 Å². The molecule has 0 unspecified atom stereocenters. The molecule has 0 aliphatic carbocycles. The Bertz CT molecular complexity index is 284. The van der Waals surface area contributed by atoms with Gasteiger partial charge in [0.2, 0.25) is 0 Å². The van der Waals surface area contributed by atoms with Crippen LogP contribution in [-0.2, 0) is 20.5 Å². The van der Waals surface area contributed by atoms with Crippen LogP contribution in [0, 0.1) is 0 Å². The van der Waals surface area contributed by atoms with Crippen LogP contribution in [-0.4, -0.2) is 14.3 Å². The molecule has 0 radical (unpaired) electrons. The summed E-state index contributed by atoms with van der Waals surface area (Å²) in [4.78, 5) is 11.0. The van der Waals surface area contributed by atoms with Crippen LogP contribution in [0.5, 0.6) is 0 Å². The fraction of sp³-hybridized carbons (Fsp3) is 0.667. The number of rotatable bonds is 1. The van der Waals surface area contributed by atoms with Crippen molar-refractivity contribution < 1.29 is 0 Å². The molecular weight excluding hydrogens is 130 g/mol. The zero-order valence-electron chi connectivity index (χ0n) is 6.46. The lowest BCUT2D eigenvalue weighted by Gasteiger charge is -1.89. The fourth-order valence-electron chi connectivity index (χ4n) is 0.918. The molecule has 0 aliphatic heterocycles. The zero-order chi connectivity index (χ0) is 7.72. The first-order chi connectivity index (χ1) is 4.66. The summed E-state index contributed by atoms with van der Waals surface area (Å²) in [6, 6.07) is 0. The normalized spacial score (nSPS) is 10.3. The van der Waals surface area contributed by atoms with Crippen LogP contribution in [0.4, 0.5) is 0 Å². The Morgan fingerprint density at radius 2 is 2.10 bits per heavy atom. The van der Waals surface area contributed by atoms with Crippen molar-refractivity contribution in [2.45, 2.75) is 13.3 Å². The summed E-state index contributed by atoms with van der Waals surface area (Å²) in [6.45, 7) is 1.97. The van der Waals surface area contributed by atoms with Crippen LogP contribution in [0.1, 0.15) is 12.7 Å². The SMILES string of the molecule is CCc1nn(C)c(=O)n1C. The van der Waals surface area contributed by atoms with E-state index in [1.807, 2.05) is 6.92 Å². The summed E-state index contributed by atoms with van der Waals surface area (Å²) in [5, 5.41) is 4.00. The van der Waals surface area contributed by atoms with Crippen molar-refractivity contribution in [3.8, 4) is 0 Å². The topological polar surface area (TPSA) is 39.8 Å². The summed E-state index contributed by atoms with van der Waals surface area (Å²) < 4.78 is 2.90. The number of nitrogens with zero attached hydrogens (tertiary/aromatic N) is 3. The molecule has 4 nitrogen and oxygen atoms in total. The smallest absolute Gasteiger partial charge is 0.282 e. The highest BCUT2D eigenvalue weighted by Gasteiger charge is 2.02. The molecule has 0 N–H and O–H groups in total. The number of hydrogen-bond acceptors (Lipinski definition) is 2. The Balaban J connectivity index is 3.31. The fourth-order valence-corrected chi connectivity index (χ4v) is 0.918. The largest absolute Gasteiger partial charge is 0.345 e. The predicted molar refractivity (Wildman–Crippen MR) is 37.8 cm³/mol. The Morgan fingerprint density at radius 1 is 1.50 bits per heavy atom. The van der Waals surface area contributed by atoms with Crippen molar-refractivity contribution in [2.24, 2.45) is 14.1 Å². The van der Waals surface area contributed by atoms with E-state index >= 15 is 0 Å². The Hall–Kier alpha value is -1.06. The number of hydrogen-bond donors (Lipinski definition) is 0. The van der Waals surface area contributed by atoms with Gasteiger partial charge in [0.25, 0.3) is 0 Å². The van der Waals surface area contributed by atoms with Crippen LogP contribution in [0.2, 0.25) is 0 Å². The van der Waals surface area contributed by atoms with E-state index < -0.39 is 0 Å². The second-order valence-corrected chi connectivity index (χ2v) is 2.23.